The van der Waals surface area contributed by atoms with Crippen LogP contribution in [0.2, 0.25) is 0 Å². The van der Waals surface area contributed by atoms with Crippen LogP contribution >= 0.6 is 0 Å². The van der Waals surface area contributed by atoms with Crippen molar-refractivity contribution in [2.45, 2.75) is 6.04 Å². The number of carboxylic acids is 1. The van der Waals surface area contributed by atoms with E-state index in [1.807, 2.05) is 0 Å². The van der Waals surface area contributed by atoms with Gasteiger partial charge >= 0.3 is 5.97 Å². The van der Waals surface area contributed by atoms with Crippen molar-refractivity contribution in [3.63, 3.8) is 0 Å². The van der Waals surface area contributed by atoms with Gasteiger partial charge in [0.15, 0.2) is 6.04 Å². The molecule has 2 aromatic rings. The maximum absolute atomic E-state index is 12.7. The van der Waals surface area contributed by atoms with E-state index in [1.165, 1.54) is 4.90 Å². The number of nitrogens with one attached hydrogen (secondary N) is 1. The fourth-order valence-corrected chi connectivity index (χ4v) is 2.46. The van der Waals surface area contributed by atoms with Gasteiger partial charge in [0.05, 0.1) is 19.4 Å². The second-order valence-electron chi connectivity index (χ2n) is 5.22. The largest absolute Gasteiger partial charge is 0.480 e. The summed E-state index contributed by atoms with van der Waals surface area (Å²) in [6, 6.07) is 5.86. The van der Waals surface area contributed by atoms with Crippen molar-refractivity contribution in [1.29, 1.82) is 0 Å². The van der Waals surface area contributed by atoms with Gasteiger partial charge in [-0.1, -0.05) is 6.07 Å². The highest BCUT2D eigenvalue weighted by Gasteiger charge is 2.33. The molecule has 1 amide bonds. The third-order valence-electron chi connectivity index (χ3n) is 3.62. The van der Waals surface area contributed by atoms with Crippen molar-refractivity contribution in [3.05, 3.63) is 48.4 Å². The van der Waals surface area contributed by atoms with Gasteiger partial charge in [0, 0.05) is 30.2 Å². The Morgan fingerprint density at radius 2 is 2.21 bits per heavy atom. The quantitative estimate of drug-likeness (QED) is 0.867. The first-order valence-corrected chi connectivity index (χ1v) is 7.40. The van der Waals surface area contributed by atoms with Gasteiger partial charge in [-0.3, -0.25) is 9.78 Å². The molecule has 2 heterocycles. The van der Waals surface area contributed by atoms with Crippen LogP contribution < -0.4 is 5.32 Å². The molecule has 0 bridgehead atoms. The minimum atomic E-state index is -1.07. The van der Waals surface area contributed by atoms with Crippen LogP contribution in [0.15, 0.2) is 42.9 Å². The van der Waals surface area contributed by atoms with Crippen LogP contribution in [0.3, 0.4) is 0 Å². The lowest BCUT2D eigenvalue weighted by Crippen LogP contribution is -2.52. The smallest absolute Gasteiger partial charge is 0.328 e. The van der Waals surface area contributed by atoms with E-state index in [4.69, 9.17) is 4.74 Å². The number of hydrogen-bond acceptors (Lipinski definition) is 6. The van der Waals surface area contributed by atoms with Crippen LogP contribution in [0.1, 0.15) is 10.4 Å². The Balaban J connectivity index is 1.80. The maximum atomic E-state index is 12.7. The number of aliphatic carboxylic acids is 1. The van der Waals surface area contributed by atoms with E-state index >= 15 is 0 Å². The Kier molecular flexibility index (Phi) is 4.66. The Labute approximate surface area is 138 Å². The fourth-order valence-electron chi connectivity index (χ4n) is 2.46. The molecule has 0 unspecified atom stereocenters. The van der Waals surface area contributed by atoms with Gasteiger partial charge < -0.3 is 20.1 Å². The molecule has 2 N–H and O–H groups in total. The molecule has 0 radical (unpaired) electrons. The normalized spacial score (nSPS) is 17.3. The summed E-state index contributed by atoms with van der Waals surface area (Å²) in [6.07, 6.45) is 4.69. The standard InChI is InChI=1S/C16H16N4O4/c21-15(20-6-7-24-10-13(20)16(22)23)11-2-1-3-12(8-11)19-14-9-17-4-5-18-14/h1-5,8-9,13H,6-7,10H2,(H,18,19)(H,22,23)/t13-/m0/s1. The molecule has 0 saturated carbocycles. The second-order valence-corrected chi connectivity index (χ2v) is 5.22. The SMILES string of the molecule is O=C(O)[C@@H]1COCCN1C(=O)c1cccc(Nc2cnccn2)c1. The van der Waals surface area contributed by atoms with Crippen molar-refractivity contribution in [2.24, 2.45) is 0 Å². The number of carboxylic acid groups (broad SMARTS) is 1. The summed E-state index contributed by atoms with van der Waals surface area (Å²) in [5.74, 6) is -0.859. The first-order valence-electron chi connectivity index (χ1n) is 7.40. The van der Waals surface area contributed by atoms with E-state index in [2.05, 4.69) is 15.3 Å². The van der Waals surface area contributed by atoms with Crippen LogP contribution in [-0.2, 0) is 9.53 Å². The minimum absolute atomic E-state index is 0.00137. The average Bonchev–Trinajstić information content (AvgIpc) is 2.62. The maximum Gasteiger partial charge on any atom is 0.328 e. The van der Waals surface area contributed by atoms with Gasteiger partial charge in [-0.25, -0.2) is 9.78 Å². The molecule has 3 rings (SSSR count). The number of morpholine rings is 1. The van der Waals surface area contributed by atoms with Crippen molar-refractivity contribution >= 4 is 23.4 Å². The van der Waals surface area contributed by atoms with E-state index in [0.717, 1.165) is 0 Å². The number of anilines is 2. The third-order valence-corrected chi connectivity index (χ3v) is 3.62. The molecule has 8 heteroatoms. The van der Waals surface area contributed by atoms with Crippen LogP contribution in [0, 0.1) is 0 Å². The molecule has 24 heavy (non-hydrogen) atoms. The molecule has 1 fully saturated rings. The van der Waals surface area contributed by atoms with Crippen LogP contribution in [0.25, 0.3) is 0 Å². The van der Waals surface area contributed by atoms with E-state index < -0.39 is 12.0 Å². The summed E-state index contributed by atoms with van der Waals surface area (Å²) < 4.78 is 5.16. The predicted octanol–water partition coefficient (Wildman–Crippen LogP) is 1.15. The number of nitrogens with zero attached hydrogens (tertiary/aromatic N) is 3. The summed E-state index contributed by atoms with van der Waals surface area (Å²) in [5, 5.41) is 12.3. The number of carbonyl (C=O) groups is 2. The molecule has 1 aliphatic heterocycles. The van der Waals surface area contributed by atoms with Gasteiger partial charge in [0.1, 0.15) is 5.82 Å². The lowest BCUT2D eigenvalue weighted by Gasteiger charge is -2.32. The summed E-state index contributed by atoms with van der Waals surface area (Å²) in [4.78, 5) is 33.4. The first kappa shape index (κ1) is 15.9. The van der Waals surface area contributed by atoms with Gasteiger partial charge in [-0.2, -0.15) is 0 Å². The molecule has 8 nitrogen and oxygen atoms in total. The third kappa shape index (κ3) is 3.49. The number of benzene rings is 1. The van der Waals surface area contributed by atoms with E-state index in [1.54, 1.807) is 42.9 Å². The van der Waals surface area contributed by atoms with Crippen molar-refractivity contribution in [2.75, 3.05) is 25.1 Å². The molecule has 1 saturated heterocycles. The van der Waals surface area contributed by atoms with Crippen LogP contribution in [-0.4, -0.2) is 57.7 Å². The molecule has 1 aromatic carbocycles. The zero-order valence-electron chi connectivity index (χ0n) is 12.8. The van der Waals surface area contributed by atoms with Crippen molar-refractivity contribution in [3.8, 4) is 0 Å². The number of aromatic nitrogens is 2. The number of rotatable bonds is 4. The highest BCUT2D eigenvalue weighted by molar-refractivity contribution is 5.97. The van der Waals surface area contributed by atoms with Gasteiger partial charge in [-0.15, -0.1) is 0 Å². The molecule has 1 aliphatic rings. The lowest BCUT2D eigenvalue weighted by atomic mass is 10.1. The molecule has 0 spiro atoms. The van der Waals surface area contributed by atoms with E-state index in [9.17, 15) is 14.7 Å². The number of ether oxygens (including phenoxy) is 1. The fraction of sp³-hybridized carbons (Fsp3) is 0.250. The summed E-state index contributed by atoms with van der Waals surface area (Å²) in [6.45, 7) is 0.573. The topological polar surface area (TPSA) is 105 Å². The Bertz CT molecular complexity index is 738. The Hall–Kier alpha value is -3.00. The summed E-state index contributed by atoms with van der Waals surface area (Å²) >= 11 is 0. The molecular weight excluding hydrogens is 312 g/mol. The summed E-state index contributed by atoms with van der Waals surface area (Å²) in [5.41, 5.74) is 1.07. The molecule has 1 aromatic heterocycles. The number of amides is 1. The molecular formula is C16H16N4O4. The molecule has 0 aliphatic carbocycles. The van der Waals surface area contributed by atoms with E-state index in [-0.39, 0.29) is 19.1 Å². The summed E-state index contributed by atoms with van der Waals surface area (Å²) in [7, 11) is 0. The van der Waals surface area contributed by atoms with Gasteiger partial charge in [0.2, 0.25) is 0 Å². The Morgan fingerprint density at radius 1 is 1.33 bits per heavy atom. The highest BCUT2D eigenvalue weighted by atomic mass is 16.5. The Morgan fingerprint density at radius 3 is 2.96 bits per heavy atom. The molecule has 124 valence electrons. The van der Waals surface area contributed by atoms with E-state index in [0.29, 0.717) is 23.7 Å². The number of hydrogen-bond donors (Lipinski definition) is 2. The lowest BCUT2D eigenvalue weighted by molar-refractivity contribution is -0.147. The zero-order chi connectivity index (χ0) is 16.9. The second kappa shape index (κ2) is 7.05. The van der Waals surface area contributed by atoms with Crippen LogP contribution in [0.4, 0.5) is 11.5 Å². The number of carbonyl (C=O) groups excluding carboxylic acids is 1. The predicted molar refractivity (Wildman–Crippen MR) is 85.0 cm³/mol. The first-order chi connectivity index (χ1) is 11.6. The minimum Gasteiger partial charge on any atom is -0.480 e. The van der Waals surface area contributed by atoms with Gasteiger partial charge in [0.25, 0.3) is 5.91 Å². The van der Waals surface area contributed by atoms with Gasteiger partial charge in [-0.05, 0) is 18.2 Å². The monoisotopic (exact) mass is 328 g/mol. The van der Waals surface area contributed by atoms with Crippen molar-refractivity contribution in [1.82, 2.24) is 14.9 Å². The average molecular weight is 328 g/mol. The highest BCUT2D eigenvalue weighted by Crippen LogP contribution is 2.18. The van der Waals surface area contributed by atoms with Crippen molar-refractivity contribution < 1.29 is 19.4 Å². The molecule has 1 atom stereocenters. The zero-order valence-corrected chi connectivity index (χ0v) is 12.8. The van der Waals surface area contributed by atoms with Crippen LogP contribution in [0.5, 0.6) is 0 Å².